The molecule has 1 aliphatic carbocycles. The van der Waals surface area contributed by atoms with Crippen LogP contribution < -0.4 is 15.4 Å². The number of ether oxygens (including phenoxy) is 1. The van der Waals surface area contributed by atoms with Gasteiger partial charge < -0.3 is 15.4 Å². The molecule has 25 heavy (non-hydrogen) atoms. The van der Waals surface area contributed by atoms with Gasteiger partial charge >= 0.3 is 0 Å². The molecule has 0 spiro atoms. The molecule has 0 radical (unpaired) electrons. The highest BCUT2D eigenvalue weighted by molar-refractivity contribution is 5.97. The summed E-state index contributed by atoms with van der Waals surface area (Å²) in [4.78, 5) is 25.3. The van der Waals surface area contributed by atoms with E-state index in [-0.39, 0.29) is 23.7 Å². The zero-order valence-corrected chi connectivity index (χ0v) is 15.7. The van der Waals surface area contributed by atoms with Crippen molar-refractivity contribution in [3.05, 3.63) is 24.3 Å². The molecule has 1 saturated carbocycles. The van der Waals surface area contributed by atoms with Crippen LogP contribution in [0.25, 0.3) is 0 Å². The Hall–Kier alpha value is -2.04. The zero-order valence-electron chi connectivity index (χ0n) is 15.7. The second kappa shape index (κ2) is 8.88. The predicted octanol–water partition coefficient (Wildman–Crippen LogP) is 3.60. The maximum Gasteiger partial charge on any atom is 0.247 e. The van der Waals surface area contributed by atoms with Crippen molar-refractivity contribution in [2.24, 2.45) is 17.8 Å². The van der Waals surface area contributed by atoms with Crippen molar-refractivity contribution in [1.29, 1.82) is 0 Å². The van der Waals surface area contributed by atoms with Crippen LogP contribution in [0.2, 0.25) is 0 Å². The summed E-state index contributed by atoms with van der Waals surface area (Å²) in [6.07, 6.45) is 4.28. The van der Waals surface area contributed by atoms with E-state index in [1.807, 2.05) is 13.8 Å². The van der Waals surface area contributed by atoms with Crippen molar-refractivity contribution in [1.82, 2.24) is 5.32 Å². The molecule has 2 rings (SSSR count). The molecule has 0 unspecified atom stereocenters. The number of nitrogens with one attached hydrogen (secondary N) is 2. The molecule has 0 bridgehead atoms. The molecule has 2 N–H and O–H groups in total. The summed E-state index contributed by atoms with van der Waals surface area (Å²) in [6.45, 7) is 6.02. The van der Waals surface area contributed by atoms with Crippen LogP contribution in [0.1, 0.15) is 46.5 Å². The van der Waals surface area contributed by atoms with E-state index in [2.05, 4.69) is 17.6 Å². The van der Waals surface area contributed by atoms with Gasteiger partial charge in [0.2, 0.25) is 11.8 Å². The third-order valence-electron chi connectivity index (χ3n) is 5.05. The Morgan fingerprint density at radius 3 is 2.32 bits per heavy atom. The van der Waals surface area contributed by atoms with Crippen LogP contribution >= 0.6 is 0 Å². The van der Waals surface area contributed by atoms with Gasteiger partial charge in [-0.05, 0) is 48.9 Å². The molecule has 5 nitrogen and oxygen atoms in total. The fourth-order valence-corrected chi connectivity index (χ4v) is 3.40. The average Bonchev–Trinajstić information content (AvgIpc) is 2.60. The van der Waals surface area contributed by atoms with E-state index in [9.17, 15) is 9.59 Å². The first-order valence-corrected chi connectivity index (χ1v) is 9.17. The van der Waals surface area contributed by atoms with Crippen molar-refractivity contribution >= 4 is 17.5 Å². The van der Waals surface area contributed by atoms with E-state index in [0.717, 1.165) is 25.0 Å². The Morgan fingerprint density at radius 1 is 1.12 bits per heavy atom. The first-order valence-electron chi connectivity index (χ1n) is 9.17. The van der Waals surface area contributed by atoms with Gasteiger partial charge in [0.25, 0.3) is 0 Å². The molecule has 5 heteroatoms. The van der Waals surface area contributed by atoms with Crippen LogP contribution in [-0.2, 0) is 9.59 Å². The highest BCUT2D eigenvalue weighted by Crippen LogP contribution is 2.30. The monoisotopic (exact) mass is 346 g/mol. The van der Waals surface area contributed by atoms with Gasteiger partial charge in [0, 0.05) is 11.6 Å². The molecule has 138 valence electrons. The zero-order chi connectivity index (χ0) is 18.4. The highest BCUT2D eigenvalue weighted by Gasteiger charge is 2.31. The molecule has 1 aromatic carbocycles. The normalized spacial score (nSPS) is 21.5. The van der Waals surface area contributed by atoms with E-state index in [1.165, 1.54) is 6.42 Å². The van der Waals surface area contributed by atoms with E-state index in [1.54, 1.807) is 31.4 Å². The number of anilines is 1. The van der Waals surface area contributed by atoms with Crippen LogP contribution in [0.4, 0.5) is 5.69 Å². The summed E-state index contributed by atoms with van der Waals surface area (Å²) in [7, 11) is 1.60. The van der Waals surface area contributed by atoms with Crippen molar-refractivity contribution in [2.75, 3.05) is 12.4 Å². The predicted molar refractivity (Wildman–Crippen MR) is 99.5 cm³/mol. The fraction of sp³-hybridized carbons (Fsp3) is 0.600. The molecular formula is C20H30N2O3. The number of rotatable bonds is 6. The maximum absolute atomic E-state index is 12.7. The Balaban J connectivity index is 2.00. The van der Waals surface area contributed by atoms with Gasteiger partial charge in [0.05, 0.1) is 7.11 Å². The summed E-state index contributed by atoms with van der Waals surface area (Å²) in [5, 5.41) is 5.87. The topological polar surface area (TPSA) is 67.4 Å². The largest absolute Gasteiger partial charge is 0.497 e. The third kappa shape index (κ3) is 5.21. The summed E-state index contributed by atoms with van der Waals surface area (Å²) >= 11 is 0. The van der Waals surface area contributed by atoms with Crippen molar-refractivity contribution in [3.63, 3.8) is 0 Å². The lowest BCUT2D eigenvalue weighted by Crippen LogP contribution is -2.50. The minimum absolute atomic E-state index is 0.00998. The molecule has 0 saturated heterocycles. The number of carbonyl (C=O) groups excluding carboxylic acids is 2. The molecular weight excluding hydrogens is 316 g/mol. The van der Waals surface area contributed by atoms with Gasteiger partial charge in [-0.2, -0.15) is 0 Å². The van der Waals surface area contributed by atoms with Gasteiger partial charge in [0.1, 0.15) is 11.8 Å². The van der Waals surface area contributed by atoms with E-state index in [4.69, 9.17) is 4.74 Å². The number of methoxy groups -OCH3 is 1. The number of carbonyl (C=O) groups is 2. The molecule has 1 aliphatic rings. The summed E-state index contributed by atoms with van der Waals surface area (Å²) < 4.78 is 5.12. The molecule has 0 aliphatic heterocycles. The molecule has 1 fully saturated rings. The van der Waals surface area contributed by atoms with Gasteiger partial charge in [-0.3, -0.25) is 9.59 Å². The van der Waals surface area contributed by atoms with Crippen LogP contribution in [0.5, 0.6) is 5.75 Å². The van der Waals surface area contributed by atoms with Crippen molar-refractivity contribution in [3.8, 4) is 5.75 Å². The van der Waals surface area contributed by atoms with Crippen LogP contribution in [0, 0.1) is 17.8 Å². The molecule has 3 atom stereocenters. The average molecular weight is 346 g/mol. The van der Waals surface area contributed by atoms with Gasteiger partial charge in [0.15, 0.2) is 0 Å². The fourth-order valence-electron chi connectivity index (χ4n) is 3.40. The van der Waals surface area contributed by atoms with Crippen LogP contribution in [0.3, 0.4) is 0 Å². The SMILES string of the molecule is COc1ccc(NC(=O)[C@H](NC(=O)[C@@H]2CCCC[C@@H]2C)C(C)C)cc1. The summed E-state index contributed by atoms with van der Waals surface area (Å²) in [5.74, 6) is 0.974. The Bertz CT molecular complexity index is 583. The number of hydrogen-bond acceptors (Lipinski definition) is 3. The van der Waals surface area contributed by atoms with Gasteiger partial charge in [-0.15, -0.1) is 0 Å². The van der Waals surface area contributed by atoms with Gasteiger partial charge in [-0.1, -0.05) is 33.6 Å². The lowest BCUT2D eigenvalue weighted by atomic mass is 9.79. The van der Waals surface area contributed by atoms with Crippen LogP contribution in [-0.4, -0.2) is 25.0 Å². The second-order valence-electron chi connectivity index (χ2n) is 7.32. The molecule has 0 aromatic heterocycles. The van der Waals surface area contributed by atoms with Crippen molar-refractivity contribution in [2.45, 2.75) is 52.5 Å². The minimum atomic E-state index is -0.538. The van der Waals surface area contributed by atoms with Gasteiger partial charge in [-0.25, -0.2) is 0 Å². The standard InChI is InChI=1S/C20H30N2O3/c1-13(2)18(22-19(23)17-8-6-5-7-14(17)3)20(24)21-15-9-11-16(25-4)12-10-15/h9-14,17-18H,5-8H2,1-4H3,(H,21,24)(H,22,23)/t14-,17+,18+/m0/s1. The Kier molecular flexibility index (Phi) is 6.85. The van der Waals surface area contributed by atoms with Crippen molar-refractivity contribution < 1.29 is 14.3 Å². The van der Waals surface area contributed by atoms with E-state index < -0.39 is 6.04 Å². The Labute approximate surface area is 150 Å². The molecule has 0 heterocycles. The summed E-state index contributed by atoms with van der Waals surface area (Å²) in [5.41, 5.74) is 0.691. The quantitative estimate of drug-likeness (QED) is 0.827. The highest BCUT2D eigenvalue weighted by atomic mass is 16.5. The lowest BCUT2D eigenvalue weighted by Gasteiger charge is -2.30. The maximum atomic E-state index is 12.7. The van der Waals surface area contributed by atoms with E-state index >= 15 is 0 Å². The van der Waals surface area contributed by atoms with E-state index in [0.29, 0.717) is 11.6 Å². The minimum Gasteiger partial charge on any atom is -0.497 e. The first kappa shape index (κ1) is 19.3. The Morgan fingerprint density at radius 2 is 1.76 bits per heavy atom. The first-order chi connectivity index (χ1) is 11.9. The number of hydrogen-bond donors (Lipinski definition) is 2. The third-order valence-corrected chi connectivity index (χ3v) is 5.05. The molecule has 2 amide bonds. The number of benzene rings is 1. The molecule has 1 aromatic rings. The second-order valence-corrected chi connectivity index (χ2v) is 7.32. The number of amides is 2. The summed E-state index contributed by atoms with van der Waals surface area (Å²) in [6, 6.07) is 6.63. The lowest BCUT2D eigenvalue weighted by molar-refractivity contribution is -0.132. The smallest absolute Gasteiger partial charge is 0.247 e. The van der Waals surface area contributed by atoms with Crippen LogP contribution in [0.15, 0.2) is 24.3 Å².